The highest BCUT2D eigenvalue weighted by Crippen LogP contribution is 2.62. The van der Waals surface area contributed by atoms with Crippen molar-refractivity contribution in [1.29, 1.82) is 0 Å². The number of likely N-dealkylation sites (N-methyl/N-ethyl adjacent to an activating group) is 1. The number of alkyl carbamates (subject to hydrolysis) is 1. The van der Waals surface area contributed by atoms with Gasteiger partial charge in [-0.05, 0) is 88.3 Å². The summed E-state index contributed by atoms with van der Waals surface area (Å²) in [5, 5.41) is 12.9. The van der Waals surface area contributed by atoms with E-state index in [1.165, 1.54) is 23.3 Å². The van der Waals surface area contributed by atoms with Gasteiger partial charge in [-0.3, -0.25) is 15.0 Å². The molecule has 0 bridgehead atoms. The molecule has 7 nitrogen and oxygen atoms in total. The van der Waals surface area contributed by atoms with Gasteiger partial charge in [-0.2, -0.15) is 0 Å². The molecule has 2 fully saturated rings. The average molecular weight is 440 g/mol. The number of aliphatic hydroxyl groups is 1. The number of nitrogens with zero attached hydrogens (tertiary/aromatic N) is 2. The number of rotatable bonds is 1. The minimum Gasteiger partial charge on any atom is -0.444 e. The van der Waals surface area contributed by atoms with Gasteiger partial charge in [0, 0.05) is 12.5 Å². The Balaban J connectivity index is 1.60. The number of benzene rings is 1. The molecule has 4 aliphatic rings. The van der Waals surface area contributed by atoms with Crippen molar-refractivity contribution in [2.24, 2.45) is 10.4 Å². The first-order valence-corrected chi connectivity index (χ1v) is 11.7. The lowest BCUT2D eigenvalue weighted by atomic mass is 9.61. The molecule has 0 aromatic heterocycles. The highest BCUT2D eigenvalue weighted by molar-refractivity contribution is 6.12. The predicted octanol–water partition coefficient (Wildman–Crippen LogP) is 3.59. The van der Waals surface area contributed by atoms with Crippen molar-refractivity contribution < 1.29 is 19.4 Å². The van der Waals surface area contributed by atoms with Crippen molar-refractivity contribution >= 4 is 18.0 Å². The van der Waals surface area contributed by atoms with Gasteiger partial charge < -0.3 is 9.84 Å². The van der Waals surface area contributed by atoms with E-state index in [0.29, 0.717) is 18.8 Å². The Hall–Kier alpha value is -2.41. The maximum Gasteiger partial charge on any atom is 0.414 e. The molecule has 2 amide bonds. The van der Waals surface area contributed by atoms with Gasteiger partial charge in [0.15, 0.2) is 5.54 Å². The van der Waals surface area contributed by atoms with Crippen LogP contribution in [0.4, 0.5) is 4.79 Å². The molecule has 2 saturated carbocycles. The first-order valence-electron chi connectivity index (χ1n) is 11.7. The highest BCUT2D eigenvalue weighted by atomic mass is 16.6. The zero-order valence-electron chi connectivity index (χ0n) is 19.4. The quantitative estimate of drug-likeness (QED) is 0.700. The van der Waals surface area contributed by atoms with Crippen LogP contribution < -0.4 is 5.32 Å². The summed E-state index contributed by atoms with van der Waals surface area (Å²) in [5.41, 5.74) is 1.32. The van der Waals surface area contributed by atoms with Gasteiger partial charge in [0.2, 0.25) is 5.96 Å². The lowest BCUT2D eigenvalue weighted by Gasteiger charge is -2.44. The van der Waals surface area contributed by atoms with Crippen molar-refractivity contribution in [2.45, 2.75) is 88.9 Å². The maximum atomic E-state index is 14.0. The van der Waals surface area contributed by atoms with E-state index in [2.05, 4.69) is 23.5 Å². The summed E-state index contributed by atoms with van der Waals surface area (Å²) >= 11 is 0. The van der Waals surface area contributed by atoms with E-state index < -0.39 is 17.2 Å². The molecule has 1 aromatic rings. The van der Waals surface area contributed by atoms with E-state index in [4.69, 9.17) is 9.73 Å². The Morgan fingerprint density at radius 1 is 1.22 bits per heavy atom. The van der Waals surface area contributed by atoms with Gasteiger partial charge in [0.1, 0.15) is 5.60 Å². The lowest BCUT2D eigenvalue weighted by molar-refractivity contribution is -0.137. The fourth-order valence-electron chi connectivity index (χ4n) is 5.88. The van der Waals surface area contributed by atoms with Gasteiger partial charge in [-0.25, -0.2) is 9.79 Å². The highest BCUT2D eigenvalue weighted by Gasteiger charge is 2.66. The molecule has 7 heteroatoms. The maximum absolute atomic E-state index is 14.0. The van der Waals surface area contributed by atoms with Crippen molar-refractivity contribution in [3.05, 3.63) is 34.9 Å². The summed E-state index contributed by atoms with van der Waals surface area (Å²) in [6.07, 6.45) is 4.96. The molecule has 1 aromatic carbocycles. The Bertz CT molecular complexity index is 999. The number of nitrogens with one attached hydrogen (secondary N) is 1. The van der Waals surface area contributed by atoms with Crippen LogP contribution in [0, 0.1) is 5.41 Å². The summed E-state index contributed by atoms with van der Waals surface area (Å²) in [6.45, 7) is 5.40. The first-order chi connectivity index (χ1) is 15.0. The molecule has 2 N–H and O–H groups in total. The number of guanidine groups is 1. The van der Waals surface area contributed by atoms with Crippen LogP contribution in [0.1, 0.15) is 81.9 Å². The molecule has 32 heavy (non-hydrogen) atoms. The van der Waals surface area contributed by atoms with E-state index in [1.807, 2.05) is 0 Å². The van der Waals surface area contributed by atoms with Crippen molar-refractivity contribution in [3.8, 4) is 0 Å². The predicted molar refractivity (Wildman–Crippen MR) is 120 cm³/mol. The number of ether oxygens (including phenoxy) is 1. The minimum atomic E-state index is -1.06. The second-order valence-corrected chi connectivity index (χ2v) is 11.0. The second-order valence-electron chi connectivity index (χ2n) is 11.0. The monoisotopic (exact) mass is 439 g/mol. The smallest absolute Gasteiger partial charge is 0.414 e. The standard InChI is InChI=1S/C25H33N3O4/c1-23(2,3)32-22(31)26-21-27-25(20(30)28(21)4)19-13-16(15-5-6-15)7-8-17(19)14-24(25)11-9-18(29)10-12-24/h7-8,13,15,18,29H,5-6,9-12,14H2,1-4H3,(H,26,27,31). The van der Waals surface area contributed by atoms with Crippen LogP contribution in [0.25, 0.3) is 0 Å². The molecule has 0 saturated heterocycles. The lowest BCUT2D eigenvalue weighted by Crippen LogP contribution is -2.51. The Kier molecular flexibility index (Phi) is 4.72. The van der Waals surface area contributed by atoms with Crippen molar-refractivity contribution in [1.82, 2.24) is 10.2 Å². The van der Waals surface area contributed by atoms with E-state index in [0.717, 1.165) is 30.4 Å². The molecule has 1 heterocycles. The Morgan fingerprint density at radius 2 is 1.91 bits per heavy atom. The number of amides is 2. The molecule has 172 valence electrons. The third kappa shape index (κ3) is 3.24. The molecular weight excluding hydrogens is 406 g/mol. The summed E-state index contributed by atoms with van der Waals surface area (Å²) < 4.78 is 5.41. The average Bonchev–Trinajstić information content (AvgIpc) is 3.49. The van der Waals surface area contributed by atoms with E-state index in [-0.39, 0.29) is 23.4 Å². The van der Waals surface area contributed by atoms with Gasteiger partial charge in [-0.15, -0.1) is 0 Å². The fourth-order valence-corrected chi connectivity index (χ4v) is 5.88. The van der Waals surface area contributed by atoms with E-state index in [1.54, 1.807) is 27.8 Å². The largest absolute Gasteiger partial charge is 0.444 e. The molecule has 1 aliphatic heterocycles. The SMILES string of the molecule is CN1C(=O)C2(N=C1NC(=O)OC(C)(C)C)c1cc(C3CC3)ccc1CC21CCC(O)CC1. The molecule has 5 rings (SSSR count). The number of carbonyl (C=O) groups is 2. The number of carbonyl (C=O) groups excluding carboxylic acids is 2. The van der Waals surface area contributed by atoms with E-state index >= 15 is 0 Å². The summed E-state index contributed by atoms with van der Waals surface area (Å²) in [7, 11) is 1.67. The van der Waals surface area contributed by atoms with Gasteiger partial charge in [-0.1, -0.05) is 18.2 Å². The molecule has 3 aliphatic carbocycles. The Labute approximate surface area is 189 Å². The first kappa shape index (κ1) is 21.4. The van der Waals surface area contributed by atoms with Crippen LogP contribution in [0.3, 0.4) is 0 Å². The van der Waals surface area contributed by atoms with Crippen LogP contribution in [0.2, 0.25) is 0 Å². The number of aliphatic imine (C=N–C) groups is 1. The second kappa shape index (κ2) is 7.04. The third-order valence-corrected chi connectivity index (χ3v) is 7.60. The number of aliphatic hydroxyl groups excluding tert-OH is 1. The van der Waals surface area contributed by atoms with Crippen LogP contribution in [0.15, 0.2) is 23.2 Å². The van der Waals surface area contributed by atoms with Gasteiger partial charge in [0.25, 0.3) is 5.91 Å². The molecule has 1 unspecified atom stereocenters. The fraction of sp³-hybridized carbons (Fsp3) is 0.640. The molecule has 1 atom stereocenters. The van der Waals surface area contributed by atoms with E-state index in [9.17, 15) is 14.7 Å². The normalized spacial score (nSPS) is 31.8. The van der Waals surface area contributed by atoms with Gasteiger partial charge >= 0.3 is 6.09 Å². The summed E-state index contributed by atoms with van der Waals surface area (Å²) in [5.74, 6) is 0.700. The van der Waals surface area contributed by atoms with Crippen LogP contribution in [0.5, 0.6) is 0 Å². The summed E-state index contributed by atoms with van der Waals surface area (Å²) in [6, 6.07) is 6.57. The third-order valence-electron chi connectivity index (χ3n) is 7.60. The van der Waals surface area contributed by atoms with Crippen molar-refractivity contribution in [2.75, 3.05) is 7.05 Å². The zero-order valence-corrected chi connectivity index (χ0v) is 19.4. The zero-order chi connectivity index (χ0) is 22.9. The molecule has 0 radical (unpaired) electrons. The molecule has 2 spiro atoms. The van der Waals surface area contributed by atoms with Crippen LogP contribution in [-0.2, 0) is 21.5 Å². The minimum absolute atomic E-state index is 0.105. The Morgan fingerprint density at radius 3 is 2.53 bits per heavy atom. The summed E-state index contributed by atoms with van der Waals surface area (Å²) in [4.78, 5) is 33.0. The number of fused-ring (bicyclic) bond motifs is 3. The van der Waals surface area contributed by atoms with Crippen LogP contribution >= 0.6 is 0 Å². The number of hydrogen-bond donors (Lipinski definition) is 2. The number of hydrogen-bond acceptors (Lipinski definition) is 5. The topological polar surface area (TPSA) is 91.2 Å². The van der Waals surface area contributed by atoms with Gasteiger partial charge in [0.05, 0.1) is 6.10 Å². The molecular formula is C25H33N3O4. The van der Waals surface area contributed by atoms with Crippen molar-refractivity contribution in [3.63, 3.8) is 0 Å². The van der Waals surface area contributed by atoms with Crippen LogP contribution in [-0.4, -0.2) is 46.7 Å².